The highest BCUT2D eigenvalue weighted by Crippen LogP contribution is 2.36. The van der Waals surface area contributed by atoms with E-state index in [2.05, 4.69) is 5.32 Å². The third-order valence-corrected chi connectivity index (χ3v) is 4.70. The minimum Gasteiger partial charge on any atom is -0.496 e. The van der Waals surface area contributed by atoms with E-state index in [4.69, 9.17) is 17.1 Å². The van der Waals surface area contributed by atoms with Crippen LogP contribution in [0.3, 0.4) is 0 Å². The molecule has 0 saturated heterocycles. The van der Waals surface area contributed by atoms with Gasteiger partial charge in [0.05, 0.1) is 41.1 Å². The number of imide groups is 1. The van der Waals surface area contributed by atoms with Crippen LogP contribution in [0.25, 0.3) is 0 Å². The second-order valence-electron chi connectivity index (χ2n) is 6.39. The van der Waals surface area contributed by atoms with Crippen LogP contribution in [0.5, 0.6) is 5.75 Å². The molecule has 158 valence electrons. The van der Waals surface area contributed by atoms with Gasteiger partial charge in [-0.05, 0) is 36.2 Å². The highest BCUT2D eigenvalue weighted by molar-refractivity contribution is 7.90. The number of sulfone groups is 1. The van der Waals surface area contributed by atoms with E-state index in [-0.39, 0.29) is 21.9 Å². The molecule has 0 fully saturated rings. The van der Waals surface area contributed by atoms with Gasteiger partial charge >= 0.3 is 0 Å². The minimum atomic E-state index is -5.93. The highest BCUT2D eigenvalue weighted by atomic mass is 32.2. The molecule has 0 spiro atoms. The van der Waals surface area contributed by atoms with Crippen molar-refractivity contribution in [3.05, 3.63) is 58.7 Å². The van der Waals surface area contributed by atoms with Crippen molar-refractivity contribution in [2.24, 2.45) is 0 Å². The molecule has 3 amide bonds. The monoisotopic (exact) mass is 439 g/mol. The molecule has 0 radical (unpaired) electrons. The Kier molecular flexibility index (Phi) is 3.29. The minimum absolute atomic E-state index is 0.0225. The van der Waals surface area contributed by atoms with Crippen molar-refractivity contribution in [2.75, 3.05) is 24.2 Å². The molecular weight excluding hydrogens is 408 g/mol. The van der Waals surface area contributed by atoms with Gasteiger partial charge in [-0.25, -0.2) is 8.42 Å². The zero-order valence-corrected chi connectivity index (χ0v) is 16.6. The molecule has 9 heteroatoms. The lowest BCUT2D eigenvalue weighted by Gasteiger charge is -2.26. The number of ether oxygens (including phenoxy) is 1. The Morgan fingerprint density at radius 2 is 2.07 bits per heavy atom. The number of aryl methyl sites for hydroxylation is 1. The summed E-state index contributed by atoms with van der Waals surface area (Å²) in [5.41, 5.74) is -5.92. The fourth-order valence-electron chi connectivity index (χ4n) is 3.05. The van der Waals surface area contributed by atoms with Crippen LogP contribution in [0.15, 0.2) is 36.4 Å². The predicted octanol–water partition coefficient (Wildman–Crippen LogP) is 2.34. The summed E-state index contributed by atoms with van der Waals surface area (Å²) in [6.45, 7) is 2.39. The normalized spacial score (nSPS) is 21.3. The maximum Gasteiger partial charge on any atom is 0.264 e. The maximum absolute atomic E-state index is 13.6. The molecule has 0 saturated carbocycles. The Morgan fingerprint density at radius 1 is 1.30 bits per heavy atom. The van der Waals surface area contributed by atoms with Crippen LogP contribution in [-0.2, 0) is 14.6 Å². The van der Waals surface area contributed by atoms with Crippen molar-refractivity contribution in [1.29, 1.82) is 0 Å². The Morgan fingerprint density at radius 3 is 2.70 bits per heavy atom. The smallest absolute Gasteiger partial charge is 0.264 e. The van der Waals surface area contributed by atoms with E-state index < -0.39 is 69.2 Å². The molecular formula is C21H22N2O6S. The molecule has 8 nitrogen and oxygen atoms in total. The molecule has 0 bridgehead atoms. The quantitative estimate of drug-likeness (QED) is 0.692. The fourth-order valence-corrected chi connectivity index (χ4v) is 3.52. The van der Waals surface area contributed by atoms with Crippen molar-refractivity contribution < 1.29 is 39.9 Å². The number of amides is 3. The van der Waals surface area contributed by atoms with Crippen molar-refractivity contribution in [3.63, 3.8) is 0 Å². The zero-order valence-electron chi connectivity index (χ0n) is 24.8. The molecule has 0 unspecified atom stereocenters. The largest absolute Gasteiger partial charge is 0.496 e. The van der Waals surface area contributed by atoms with Crippen molar-refractivity contribution in [2.45, 2.75) is 19.9 Å². The molecule has 2 aromatic carbocycles. The zero-order chi connectivity index (χ0) is 29.9. The second-order valence-corrected chi connectivity index (χ2v) is 7.60. The number of fused-ring (bicyclic) bond motifs is 1. The lowest BCUT2D eigenvalue weighted by atomic mass is 10.0. The number of anilines is 1. The summed E-state index contributed by atoms with van der Waals surface area (Å²) in [7, 11) is -8.84. The fraction of sp³-hybridized carbons (Fsp3) is 0.286. The second kappa shape index (κ2) is 7.91. The van der Waals surface area contributed by atoms with Crippen LogP contribution in [0.4, 0.5) is 5.69 Å². The Balaban J connectivity index is 2.36. The molecule has 0 aliphatic carbocycles. The molecule has 1 heterocycles. The third-order valence-electron chi connectivity index (χ3n) is 4.24. The van der Waals surface area contributed by atoms with Crippen molar-refractivity contribution in [1.82, 2.24) is 4.90 Å². The molecule has 2 aromatic rings. The van der Waals surface area contributed by atoms with E-state index in [1.54, 1.807) is 0 Å². The first-order chi connectivity index (χ1) is 17.6. The van der Waals surface area contributed by atoms with Gasteiger partial charge in [-0.3, -0.25) is 19.3 Å². The van der Waals surface area contributed by atoms with Gasteiger partial charge in [0.2, 0.25) is 5.91 Å². The molecule has 1 atom stereocenters. The number of nitrogens with one attached hydrogen (secondary N) is 1. The van der Waals surface area contributed by atoms with Gasteiger partial charge < -0.3 is 10.1 Å². The maximum atomic E-state index is 13.6. The van der Waals surface area contributed by atoms with Crippen LogP contribution >= 0.6 is 0 Å². The molecule has 1 N–H and O–H groups in total. The SMILES string of the molecule is [2H]C([2H])([2H])Oc1ccc([C@]([2H])(N2C(=O)c3cccc(NC(C)=O)c3C2=O)C([2H])([2H])S(=O)(=O)C([2H])([2H])[2H])cc1C. The number of nitrogens with zero attached hydrogens (tertiary/aromatic N) is 1. The van der Waals surface area contributed by atoms with E-state index in [1.807, 2.05) is 0 Å². The van der Waals surface area contributed by atoms with Crippen LogP contribution in [0, 0.1) is 6.92 Å². The van der Waals surface area contributed by atoms with Gasteiger partial charge in [-0.2, -0.15) is 0 Å². The first-order valence-electron chi connectivity index (χ1n) is 12.9. The summed E-state index contributed by atoms with van der Waals surface area (Å²) in [6.07, 6.45) is -4.01. The average Bonchev–Trinajstić information content (AvgIpc) is 3.03. The van der Waals surface area contributed by atoms with Gasteiger partial charge in [0.15, 0.2) is 0 Å². The summed E-state index contributed by atoms with van der Waals surface area (Å²) in [5.74, 6) is -3.61. The first-order valence-corrected chi connectivity index (χ1v) is 9.90. The number of carbonyl (C=O) groups is 3. The number of rotatable bonds is 6. The standard InChI is InChI=1S/C21H22N2O6S/c1-12-10-14(8-9-18(12)29-3)17(11-30(4,27)28)23-20(25)15-6-5-7-16(22-13(2)24)19(15)21(23)26/h5-10,17H,11H2,1-4H3,(H,22,24)/t17-/m1/s1/i3D3,4D3,11D2,17D. The van der Waals surface area contributed by atoms with Crippen LogP contribution < -0.4 is 10.1 Å². The van der Waals surface area contributed by atoms with Crippen LogP contribution in [0.2, 0.25) is 0 Å². The average molecular weight is 440 g/mol. The lowest BCUT2D eigenvalue weighted by molar-refractivity contribution is -0.114. The van der Waals surface area contributed by atoms with Gasteiger partial charge in [0.1, 0.15) is 15.6 Å². The van der Waals surface area contributed by atoms with Gasteiger partial charge in [0.25, 0.3) is 11.8 Å². The predicted molar refractivity (Wildman–Crippen MR) is 111 cm³/mol. The lowest BCUT2D eigenvalue weighted by Crippen LogP contribution is -2.37. The van der Waals surface area contributed by atoms with Gasteiger partial charge in [0, 0.05) is 20.0 Å². The van der Waals surface area contributed by atoms with E-state index in [1.165, 1.54) is 19.1 Å². The van der Waals surface area contributed by atoms with Crippen molar-refractivity contribution >= 4 is 33.2 Å². The third kappa shape index (κ3) is 4.06. The Labute approximate surface area is 187 Å². The Hall–Kier alpha value is -3.20. The summed E-state index contributed by atoms with van der Waals surface area (Å²) in [4.78, 5) is 38.8. The molecule has 1 aliphatic heterocycles. The number of hydrogen-bond donors (Lipinski definition) is 1. The summed E-state index contributed by atoms with van der Waals surface area (Å²) < 4.78 is 101. The van der Waals surface area contributed by atoms with Gasteiger partial charge in [-0.15, -0.1) is 0 Å². The van der Waals surface area contributed by atoms with Crippen molar-refractivity contribution in [3.8, 4) is 5.75 Å². The van der Waals surface area contributed by atoms with E-state index in [0.29, 0.717) is 0 Å². The number of benzene rings is 2. The molecule has 0 aromatic heterocycles. The summed E-state index contributed by atoms with van der Waals surface area (Å²) in [5, 5.41) is 2.33. The topological polar surface area (TPSA) is 110 Å². The van der Waals surface area contributed by atoms with E-state index >= 15 is 0 Å². The summed E-state index contributed by atoms with van der Waals surface area (Å²) in [6, 6.07) is 2.82. The van der Waals surface area contributed by atoms with Crippen LogP contribution in [-0.4, -0.2) is 50.0 Å². The number of hydrogen-bond acceptors (Lipinski definition) is 6. The van der Waals surface area contributed by atoms with E-state index in [0.717, 1.165) is 31.2 Å². The highest BCUT2D eigenvalue weighted by Gasteiger charge is 2.43. The summed E-state index contributed by atoms with van der Waals surface area (Å²) >= 11 is 0. The molecule has 3 rings (SSSR count). The van der Waals surface area contributed by atoms with Crippen LogP contribution in [0.1, 0.15) is 57.1 Å². The number of carbonyl (C=O) groups excluding carboxylic acids is 3. The van der Waals surface area contributed by atoms with E-state index in [9.17, 15) is 22.8 Å². The van der Waals surface area contributed by atoms with Gasteiger partial charge in [-0.1, -0.05) is 18.2 Å². The Bertz CT molecular complexity index is 1490. The molecule has 30 heavy (non-hydrogen) atoms. The molecule has 1 aliphatic rings. The first kappa shape index (κ1) is 12.5. The number of methoxy groups -OCH3 is 1.